The summed E-state index contributed by atoms with van der Waals surface area (Å²) in [6.07, 6.45) is -0.0744. The molecule has 170 valence electrons. The average Bonchev–Trinajstić information content (AvgIpc) is 2.83. The van der Waals surface area contributed by atoms with Crippen molar-refractivity contribution in [3.05, 3.63) is 62.8 Å². The van der Waals surface area contributed by atoms with Crippen molar-refractivity contribution in [2.24, 2.45) is 0 Å². The summed E-state index contributed by atoms with van der Waals surface area (Å²) in [5.41, 5.74) is -2.68. The van der Waals surface area contributed by atoms with Crippen molar-refractivity contribution in [3.63, 3.8) is 0 Å². The van der Waals surface area contributed by atoms with Gasteiger partial charge in [0.05, 0.1) is 6.04 Å². The van der Waals surface area contributed by atoms with Crippen LogP contribution in [0.1, 0.15) is 52.2 Å². The van der Waals surface area contributed by atoms with Gasteiger partial charge in [0.25, 0.3) is 11.8 Å². The molecule has 0 aliphatic carbocycles. The lowest BCUT2D eigenvalue weighted by atomic mass is 10.0. The van der Waals surface area contributed by atoms with Crippen LogP contribution in [-0.4, -0.2) is 45.1 Å². The molecule has 2 aromatic rings. The summed E-state index contributed by atoms with van der Waals surface area (Å²) in [5, 5.41) is 12.6. The fraction of sp³-hybridized carbons (Fsp3) is 0.381. The van der Waals surface area contributed by atoms with Gasteiger partial charge in [0.15, 0.2) is 11.4 Å². The van der Waals surface area contributed by atoms with E-state index >= 15 is 0 Å². The minimum absolute atomic E-state index is 0.0104. The molecule has 1 fully saturated rings. The predicted molar refractivity (Wildman–Crippen MR) is 104 cm³/mol. The van der Waals surface area contributed by atoms with Gasteiger partial charge in [-0.1, -0.05) is 0 Å². The number of aromatic nitrogens is 1. The summed E-state index contributed by atoms with van der Waals surface area (Å²) < 4.78 is 56.2. The van der Waals surface area contributed by atoms with Crippen LogP contribution in [-0.2, 0) is 6.54 Å². The van der Waals surface area contributed by atoms with Gasteiger partial charge in [-0.3, -0.25) is 14.4 Å². The molecule has 2 amide bonds. The maximum atomic E-state index is 14.4. The third-order valence-corrected chi connectivity index (χ3v) is 5.91. The largest absolute Gasteiger partial charge is 0.503 e. The predicted octanol–water partition coefficient (Wildman–Crippen LogP) is 2.42. The number of aromatic hydroxyl groups is 1. The standard InChI is InChI=1S/C21H19F4N3O4/c1-9-2-10(22)3-12-7-27(9)21(32)17-19(30)18(29)14(8-28(12)17)20(31)26-6-13-15(24)4-11(23)5-16(13)25/h4-5,8-10,12,30H,2-3,6-7H2,1H3,(H,26,31)/t9-,10?,12-/m0/s1. The summed E-state index contributed by atoms with van der Waals surface area (Å²) in [6.45, 7) is 1.12. The lowest BCUT2D eigenvalue weighted by Gasteiger charge is -2.36. The Labute approximate surface area is 179 Å². The van der Waals surface area contributed by atoms with Crippen LogP contribution in [0.2, 0.25) is 0 Å². The zero-order valence-electron chi connectivity index (χ0n) is 16.9. The second-order valence-corrected chi connectivity index (χ2v) is 8.04. The number of halogens is 4. The van der Waals surface area contributed by atoms with Gasteiger partial charge in [0, 0.05) is 49.4 Å². The van der Waals surface area contributed by atoms with Crippen LogP contribution < -0.4 is 10.7 Å². The van der Waals surface area contributed by atoms with Gasteiger partial charge in [0.2, 0.25) is 5.43 Å². The summed E-state index contributed by atoms with van der Waals surface area (Å²) in [6, 6.07) is -0.161. The molecule has 1 aromatic heterocycles. The normalized spacial score (nSPS) is 22.3. The molecule has 2 aliphatic heterocycles. The maximum Gasteiger partial charge on any atom is 0.274 e. The number of fused-ring (bicyclic) bond motifs is 4. The first-order valence-electron chi connectivity index (χ1n) is 9.93. The average molecular weight is 453 g/mol. The minimum atomic E-state index is -1.23. The van der Waals surface area contributed by atoms with Crippen molar-refractivity contribution < 1.29 is 32.3 Å². The molecular weight excluding hydrogens is 434 g/mol. The third-order valence-electron chi connectivity index (χ3n) is 5.91. The molecule has 0 spiro atoms. The molecule has 2 aliphatic rings. The Morgan fingerprint density at radius 3 is 2.50 bits per heavy atom. The molecule has 2 bridgehead atoms. The number of carbonyl (C=O) groups excluding carboxylic acids is 2. The lowest BCUT2D eigenvalue weighted by molar-refractivity contribution is 0.0603. The van der Waals surface area contributed by atoms with Crippen LogP contribution >= 0.6 is 0 Å². The van der Waals surface area contributed by atoms with E-state index in [0.29, 0.717) is 12.1 Å². The van der Waals surface area contributed by atoms with Gasteiger partial charge < -0.3 is 19.9 Å². The van der Waals surface area contributed by atoms with E-state index in [1.54, 1.807) is 6.92 Å². The van der Waals surface area contributed by atoms with E-state index in [2.05, 4.69) is 5.32 Å². The topological polar surface area (TPSA) is 91.6 Å². The highest BCUT2D eigenvalue weighted by molar-refractivity contribution is 5.99. The molecule has 3 atom stereocenters. The molecule has 1 unspecified atom stereocenters. The van der Waals surface area contributed by atoms with Crippen LogP contribution in [0.5, 0.6) is 5.75 Å². The number of pyridine rings is 1. The summed E-state index contributed by atoms with van der Waals surface area (Å²) in [5.74, 6) is -6.26. The van der Waals surface area contributed by atoms with Crippen molar-refractivity contribution in [1.29, 1.82) is 0 Å². The van der Waals surface area contributed by atoms with Crippen LogP contribution in [0.25, 0.3) is 0 Å². The van der Waals surface area contributed by atoms with Gasteiger partial charge in [0.1, 0.15) is 29.2 Å². The number of rotatable bonds is 3. The molecule has 0 radical (unpaired) electrons. The molecule has 2 N–H and O–H groups in total. The number of alkyl halides is 1. The number of nitrogens with zero attached hydrogens (tertiary/aromatic N) is 2. The second kappa shape index (κ2) is 7.95. The van der Waals surface area contributed by atoms with Gasteiger partial charge in [-0.15, -0.1) is 0 Å². The van der Waals surface area contributed by atoms with E-state index in [1.807, 2.05) is 0 Å². The summed E-state index contributed by atoms with van der Waals surface area (Å²) >= 11 is 0. The molecule has 11 heteroatoms. The minimum Gasteiger partial charge on any atom is -0.503 e. The molecule has 3 heterocycles. The smallest absolute Gasteiger partial charge is 0.274 e. The zero-order chi connectivity index (χ0) is 23.3. The Morgan fingerprint density at radius 2 is 1.84 bits per heavy atom. The summed E-state index contributed by atoms with van der Waals surface area (Å²) in [4.78, 5) is 39.4. The molecular formula is C21H19F4N3O4. The van der Waals surface area contributed by atoms with Gasteiger partial charge >= 0.3 is 0 Å². The van der Waals surface area contributed by atoms with Crippen molar-refractivity contribution in [1.82, 2.24) is 14.8 Å². The summed E-state index contributed by atoms with van der Waals surface area (Å²) in [7, 11) is 0. The third kappa shape index (κ3) is 3.61. The Bertz CT molecular complexity index is 1160. The molecule has 7 nitrogen and oxygen atoms in total. The van der Waals surface area contributed by atoms with Crippen LogP contribution in [0.15, 0.2) is 23.1 Å². The molecule has 0 saturated carbocycles. The quantitative estimate of drug-likeness (QED) is 0.699. The van der Waals surface area contributed by atoms with Gasteiger partial charge in [-0.2, -0.15) is 0 Å². The highest BCUT2D eigenvalue weighted by Gasteiger charge is 2.41. The molecule has 1 aromatic carbocycles. The SMILES string of the molecule is C[C@H]1CC(F)C[C@H]2CN1C(=O)c1c(O)c(=O)c(C(=O)NCc3c(F)cc(F)cc3F)cn12. The van der Waals surface area contributed by atoms with E-state index < -0.39 is 76.4 Å². The fourth-order valence-corrected chi connectivity index (χ4v) is 4.28. The van der Waals surface area contributed by atoms with Crippen molar-refractivity contribution >= 4 is 11.8 Å². The lowest BCUT2D eigenvalue weighted by Crippen LogP contribution is -2.47. The van der Waals surface area contributed by atoms with Gasteiger partial charge in [-0.05, 0) is 13.3 Å². The highest BCUT2D eigenvalue weighted by atomic mass is 19.1. The zero-order valence-corrected chi connectivity index (χ0v) is 16.9. The number of hydrogen-bond acceptors (Lipinski definition) is 4. The number of amides is 2. The molecule has 1 saturated heterocycles. The van der Waals surface area contributed by atoms with E-state index in [9.17, 15) is 37.1 Å². The van der Waals surface area contributed by atoms with Crippen LogP contribution in [0, 0.1) is 17.5 Å². The Morgan fingerprint density at radius 1 is 1.19 bits per heavy atom. The fourth-order valence-electron chi connectivity index (χ4n) is 4.28. The highest BCUT2D eigenvalue weighted by Crippen LogP contribution is 2.35. The van der Waals surface area contributed by atoms with Crippen molar-refractivity contribution in [2.45, 2.75) is 44.6 Å². The maximum absolute atomic E-state index is 14.4. The van der Waals surface area contributed by atoms with Crippen LogP contribution in [0.3, 0.4) is 0 Å². The Hall–Kier alpha value is -3.37. The Balaban J connectivity index is 1.69. The van der Waals surface area contributed by atoms with E-state index in [-0.39, 0.29) is 25.1 Å². The molecule has 32 heavy (non-hydrogen) atoms. The monoisotopic (exact) mass is 453 g/mol. The first-order valence-corrected chi connectivity index (χ1v) is 9.93. The van der Waals surface area contributed by atoms with E-state index in [1.165, 1.54) is 9.47 Å². The van der Waals surface area contributed by atoms with Crippen LogP contribution in [0.4, 0.5) is 17.6 Å². The first-order chi connectivity index (χ1) is 15.1. The van der Waals surface area contributed by atoms with E-state index in [4.69, 9.17) is 0 Å². The molecule has 4 rings (SSSR count). The second-order valence-electron chi connectivity index (χ2n) is 8.04. The number of hydrogen-bond donors (Lipinski definition) is 2. The van der Waals surface area contributed by atoms with E-state index in [0.717, 1.165) is 6.20 Å². The number of benzene rings is 1. The number of nitrogens with one attached hydrogen (secondary N) is 1. The Kier molecular flexibility index (Phi) is 5.43. The number of carbonyl (C=O) groups is 2. The van der Waals surface area contributed by atoms with Gasteiger partial charge in [-0.25, -0.2) is 17.6 Å². The van der Waals surface area contributed by atoms with Crippen molar-refractivity contribution in [2.75, 3.05) is 6.54 Å². The first kappa shape index (κ1) is 21.8. The van der Waals surface area contributed by atoms with Crippen molar-refractivity contribution in [3.8, 4) is 5.75 Å².